The average Bonchev–Trinajstić information content (AvgIpc) is 3.24. The van der Waals surface area contributed by atoms with Gasteiger partial charge in [0.05, 0.1) is 18.3 Å². The first-order valence-corrected chi connectivity index (χ1v) is 8.18. The van der Waals surface area contributed by atoms with Crippen LogP contribution in [0.15, 0.2) is 12.4 Å². The zero-order valence-electron chi connectivity index (χ0n) is 13.9. The number of carbonyl (C=O) groups is 1. The van der Waals surface area contributed by atoms with Crippen LogP contribution in [-0.2, 0) is 9.53 Å². The molecule has 0 bridgehead atoms. The lowest BCUT2D eigenvalue weighted by atomic mass is 9.92. The van der Waals surface area contributed by atoms with Gasteiger partial charge in [0.1, 0.15) is 0 Å². The van der Waals surface area contributed by atoms with E-state index < -0.39 is 17.7 Å². The highest BCUT2D eigenvalue weighted by atomic mass is 19.3. The van der Waals surface area contributed by atoms with Crippen LogP contribution < -0.4 is 0 Å². The van der Waals surface area contributed by atoms with Crippen LogP contribution in [0, 0.1) is 5.92 Å². The zero-order chi connectivity index (χ0) is 17.3. The summed E-state index contributed by atoms with van der Waals surface area (Å²) in [6.07, 6.45) is 3.69. The molecule has 7 nitrogen and oxygen atoms in total. The van der Waals surface area contributed by atoms with Crippen molar-refractivity contribution in [3.63, 3.8) is 0 Å². The third-order valence-corrected chi connectivity index (χ3v) is 5.01. The van der Waals surface area contributed by atoms with Gasteiger partial charge < -0.3 is 14.5 Å². The van der Waals surface area contributed by atoms with Crippen LogP contribution in [0.3, 0.4) is 0 Å². The summed E-state index contributed by atoms with van der Waals surface area (Å²) in [4.78, 5) is 15.7. The molecular weight excluding hydrogens is 320 g/mol. The molecule has 2 aliphatic heterocycles. The SMILES string of the molecule is CN(C)[C@@H]1CN(C(=O)C(F)(F)C2CCOCC2)C[C@@H]1n1ccnn1. The van der Waals surface area contributed by atoms with Gasteiger partial charge in [-0.3, -0.25) is 4.79 Å². The van der Waals surface area contributed by atoms with E-state index in [4.69, 9.17) is 4.74 Å². The number of hydrogen-bond donors (Lipinski definition) is 0. The van der Waals surface area contributed by atoms with Crippen molar-refractivity contribution < 1.29 is 18.3 Å². The average molecular weight is 343 g/mol. The maximum Gasteiger partial charge on any atom is 0.327 e. The van der Waals surface area contributed by atoms with Crippen LogP contribution in [0.2, 0.25) is 0 Å². The topological polar surface area (TPSA) is 63.5 Å². The van der Waals surface area contributed by atoms with E-state index in [1.807, 2.05) is 19.0 Å². The van der Waals surface area contributed by atoms with Crippen molar-refractivity contribution in [3.8, 4) is 0 Å². The second kappa shape index (κ2) is 6.72. The van der Waals surface area contributed by atoms with Gasteiger partial charge in [-0.15, -0.1) is 5.10 Å². The van der Waals surface area contributed by atoms with Crippen LogP contribution in [0.5, 0.6) is 0 Å². The molecule has 0 aromatic carbocycles. The Bertz CT molecular complexity index is 560. The van der Waals surface area contributed by atoms with Crippen LogP contribution in [0.1, 0.15) is 18.9 Å². The third kappa shape index (κ3) is 3.14. The van der Waals surface area contributed by atoms with E-state index in [1.54, 1.807) is 17.1 Å². The van der Waals surface area contributed by atoms with Gasteiger partial charge in [-0.25, -0.2) is 4.68 Å². The predicted octanol–water partition coefficient (Wildman–Crippen LogP) is 0.653. The highest BCUT2D eigenvalue weighted by Crippen LogP contribution is 2.36. The summed E-state index contributed by atoms with van der Waals surface area (Å²) < 4.78 is 36.1. The molecule has 0 aliphatic carbocycles. The van der Waals surface area contributed by atoms with Crippen molar-refractivity contribution in [2.75, 3.05) is 40.4 Å². The van der Waals surface area contributed by atoms with Crippen molar-refractivity contribution in [2.45, 2.75) is 30.8 Å². The van der Waals surface area contributed by atoms with Crippen molar-refractivity contribution in [2.24, 2.45) is 5.92 Å². The Morgan fingerprint density at radius 1 is 1.29 bits per heavy atom. The number of ether oxygens (including phenoxy) is 1. The number of alkyl halides is 2. The molecule has 1 aromatic rings. The number of nitrogens with zero attached hydrogens (tertiary/aromatic N) is 5. The van der Waals surface area contributed by atoms with Gasteiger partial charge in [0, 0.05) is 38.4 Å². The van der Waals surface area contributed by atoms with E-state index in [-0.39, 0.29) is 51.2 Å². The van der Waals surface area contributed by atoms with Gasteiger partial charge in [-0.2, -0.15) is 8.78 Å². The first kappa shape index (κ1) is 17.2. The maximum atomic E-state index is 14.7. The highest BCUT2D eigenvalue weighted by Gasteiger charge is 2.52. The lowest BCUT2D eigenvalue weighted by Gasteiger charge is -2.31. The molecule has 1 aromatic heterocycles. The van der Waals surface area contributed by atoms with E-state index in [2.05, 4.69) is 10.3 Å². The Hall–Kier alpha value is -1.61. The molecule has 2 aliphatic rings. The fourth-order valence-electron chi connectivity index (χ4n) is 3.54. The highest BCUT2D eigenvalue weighted by molar-refractivity contribution is 5.84. The molecule has 0 saturated carbocycles. The van der Waals surface area contributed by atoms with Gasteiger partial charge in [-0.05, 0) is 26.9 Å². The Kier molecular flexibility index (Phi) is 4.82. The van der Waals surface area contributed by atoms with Crippen LogP contribution in [-0.4, -0.2) is 83.1 Å². The summed E-state index contributed by atoms with van der Waals surface area (Å²) in [6.45, 7) is 1.05. The normalized spacial score (nSPS) is 26.3. The molecule has 3 rings (SSSR count). The first-order valence-electron chi connectivity index (χ1n) is 8.18. The lowest BCUT2D eigenvalue weighted by Crippen LogP contribution is -2.49. The van der Waals surface area contributed by atoms with E-state index in [1.165, 1.54) is 4.90 Å². The Morgan fingerprint density at radius 2 is 2.00 bits per heavy atom. The molecule has 0 spiro atoms. The second-order valence-electron chi connectivity index (χ2n) is 6.70. The first-order chi connectivity index (χ1) is 11.4. The molecule has 24 heavy (non-hydrogen) atoms. The van der Waals surface area contributed by atoms with Gasteiger partial charge in [0.2, 0.25) is 0 Å². The Morgan fingerprint density at radius 3 is 2.58 bits per heavy atom. The number of amides is 1. The standard InChI is InChI=1S/C15H23F2N5O2/c1-20(2)12-9-21(10-13(12)22-6-5-18-19-22)14(23)15(16,17)11-3-7-24-8-4-11/h5-6,11-13H,3-4,7-10H2,1-2H3/t12-,13+/m1/s1. The molecule has 2 atom stereocenters. The van der Waals surface area contributed by atoms with Gasteiger partial charge in [-0.1, -0.05) is 5.21 Å². The number of aromatic nitrogens is 3. The number of carbonyl (C=O) groups excluding carboxylic acids is 1. The van der Waals surface area contributed by atoms with Crippen LogP contribution >= 0.6 is 0 Å². The molecule has 0 N–H and O–H groups in total. The Labute approximate surface area is 139 Å². The van der Waals surface area contributed by atoms with Crippen molar-refractivity contribution in [1.82, 2.24) is 24.8 Å². The molecule has 2 fully saturated rings. The summed E-state index contributed by atoms with van der Waals surface area (Å²) in [5, 5.41) is 7.76. The second-order valence-corrected chi connectivity index (χ2v) is 6.70. The van der Waals surface area contributed by atoms with E-state index >= 15 is 0 Å². The molecule has 0 unspecified atom stereocenters. The largest absolute Gasteiger partial charge is 0.381 e. The van der Waals surface area contributed by atoms with Gasteiger partial charge in [0.25, 0.3) is 5.91 Å². The van der Waals surface area contributed by atoms with Crippen LogP contribution in [0.25, 0.3) is 0 Å². The van der Waals surface area contributed by atoms with Gasteiger partial charge in [0.15, 0.2) is 0 Å². The number of likely N-dealkylation sites (tertiary alicyclic amines) is 1. The molecular formula is C15H23F2N5O2. The molecule has 3 heterocycles. The molecule has 134 valence electrons. The van der Waals surface area contributed by atoms with E-state index in [0.29, 0.717) is 0 Å². The number of halogens is 2. The van der Waals surface area contributed by atoms with E-state index in [9.17, 15) is 13.6 Å². The summed E-state index contributed by atoms with van der Waals surface area (Å²) >= 11 is 0. The zero-order valence-corrected chi connectivity index (χ0v) is 13.9. The summed E-state index contributed by atoms with van der Waals surface area (Å²) in [7, 11) is 3.75. The number of likely N-dealkylation sites (N-methyl/N-ethyl adjacent to an activating group) is 1. The quantitative estimate of drug-likeness (QED) is 0.803. The predicted molar refractivity (Wildman–Crippen MR) is 81.6 cm³/mol. The lowest BCUT2D eigenvalue weighted by molar-refractivity contribution is -0.170. The summed E-state index contributed by atoms with van der Waals surface area (Å²) in [6, 6.07) is -0.266. The van der Waals surface area contributed by atoms with E-state index in [0.717, 1.165) is 0 Å². The number of rotatable bonds is 4. The van der Waals surface area contributed by atoms with Crippen molar-refractivity contribution in [1.29, 1.82) is 0 Å². The number of hydrogen-bond acceptors (Lipinski definition) is 5. The van der Waals surface area contributed by atoms with Crippen molar-refractivity contribution in [3.05, 3.63) is 12.4 Å². The monoisotopic (exact) mass is 343 g/mol. The summed E-state index contributed by atoms with van der Waals surface area (Å²) in [5.74, 6) is -5.37. The van der Waals surface area contributed by atoms with Crippen molar-refractivity contribution >= 4 is 5.91 Å². The fourth-order valence-corrected chi connectivity index (χ4v) is 3.54. The fraction of sp³-hybridized carbons (Fsp3) is 0.800. The maximum absolute atomic E-state index is 14.7. The molecule has 1 amide bonds. The molecule has 9 heteroatoms. The third-order valence-electron chi connectivity index (χ3n) is 5.01. The molecule has 0 radical (unpaired) electrons. The minimum atomic E-state index is -3.35. The summed E-state index contributed by atoms with van der Waals surface area (Å²) in [5.41, 5.74) is 0. The van der Waals surface area contributed by atoms with Crippen LogP contribution in [0.4, 0.5) is 8.78 Å². The van der Waals surface area contributed by atoms with Gasteiger partial charge >= 0.3 is 5.92 Å². The smallest absolute Gasteiger partial charge is 0.327 e. The minimum Gasteiger partial charge on any atom is -0.381 e. The minimum absolute atomic E-state index is 0.0823. The molecule has 2 saturated heterocycles. The Balaban J connectivity index is 1.75.